The van der Waals surface area contributed by atoms with Gasteiger partial charge in [0.15, 0.2) is 0 Å². The minimum Gasteiger partial charge on any atom is -0.369 e. The van der Waals surface area contributed by atoms with Crippen LogP contribution in [0, 0.1) is 6.92 Å². The fraction of sp³-hybridized carbons (Fsp3) is 0.167. The van der Waals surface area contributed by atoms with E-state index >= 15 is 0 Å². The van der Waals surface area contributed by atoms with Gasteiger partial charge in [-0.05, 0) is 35.7 Å². The number of primary amides is 1. The number of nitrogens with zero attached hydrogens (tertiary/aromatic N) is 1. The normalized spacial score (nSPS) is 11.0. The molecule has 21 heavy (non-hydrogen) atoms. The highest BCUT2D eigenvalue weighted by Crippen LogP contribution is 2.28. The van der Waals surface area contributed by atoms with Crippen LogP contribution in [0.25, 0.3) is 22.0 Å². The molecular formula is C18H18N2O. The van der Waals surface area contributed by atoms with E-state index in [2.05, 4.69) is 49.4 Å². The van der Waals surface area contributed by atoms with E-state index < -0.39 is 0 Å². The fourth-order valence-corrected chi connectivity index (χ4v) is 2.81. The van der Waals surface area contributed by atoms with Crippen molar-refractivity contribution in [3.8, 4) is 11.1 Å². The molecule has 106 valence electrons. The molecule has 0 saturated heterocycles. The lowest BCUT2D eigenvalue weighted by molar-refractivity contribution is -0.117. The van der Waals surface area contributed by atoms with Gasteiger partial charge >= 0.3 is 0 Å². The Labute approximate surface area is 124 Å². The number of carbonyl (C=O) groups excluding carboxylic acids is 1. The summed E-state index contributed by atoms with van der Waals surface area (Å²) in [5, 5.41) is 1.09. The van der Waals surface area contributed by atoms with Gasteiger partial charge in [0, 0.05) is 24.1 Å². The van der Waals surface area contributed by atoms with Crippen LogP contribution in [0.3, 0.4) is 0 Å². The Balaban J connectivity index is 2.16. The van der Waals surface area contributed by atoms with E-state index in [1.54, 1.807) is 0 Å². The summed E-state index contributed by atoms with van der Waals surface area (Å²) >= 11 is 0. The summed E-state index contributed by atoms with van der Waals surface area (Å²) in [5.41, 5.74) is 11.0. The monoisotopic (exact) mass is 278 g/mol. The van der Waals surface area contributed by atoms with Crippen molar-refractivity contribution in [3.63, 3.8) is 0 Å². The van der Waals surface area contributed by atoms with Crippen LogP contribution in [0.1, 0.15) is 11.1 Å². The van der Waals surface area contributed by atoms with Gasteiger partial charge in [-0.3, -0.25) is 4.79 Å². The average molecular weight is 278 g/mol. The Morgan fingerprint density at radius 3 is 2.62 bits per heavy atom. The van der Waals surface area contributed by atoms with Gasteiger partial charge in [0.1, 0.15) is 0 Å². The smallest absolute Gasteiger partial charge is 0.221 e. The number of rotatable bonds is 3. The van der Waals surface area contributed by atoms with Crippen LogP contribution in [-0.4, -0.2) is 10.5 Å². The molecule has 0 bridgehead atoms. The van der Waals surface area contributed by atoms with Crippen molar-refractivity contribution in [2.75, 3.05) is 0 Å². The maximum atomic E-state index is 11.2. The first-order valence-electron chi connectivity index (χ1n) is 6.98. The third kappa shape index (κ3) is 2.55. The highest BCUT2D eigenvalue weighted by Gasteiger charge is 2.10. The lowest BCUT2D eigenvalue weighted by Gasteiger charge is -2.05. The molecule has 0 radical (unpaired) electrons. The Hall–Kier alpha value is -2.55. The number of hydrogen-bond donors (Lipinski definition) is 1. The van der Waals surface area contributed by atoms with E-state index in [9.17, 15) is 4.79 Å². The van der Waals surface area contributed by atoms with Gasteiger partial charge in [-0.15, -0.1) is 0 Å². The van der Waals surface area contributed by atoms with Crippen molar-refractivity contribution in [1.82, 2.24) is 4.57 Å². The standard InChI is InChI=1S/C18H18N2O/c1-12-4-3-5-13(8-12)14-6-7-17-16(9-14)15(10-18(19)21)11-20(17)2/h3-9,11H,10H2,1-2H3,(H2,19,21). The number of hydrogen-bond acceptors (Lipinski definition) is 1. The van der Waals surface area contributed by atoms with Crippen LogP contribution < -0.4 is 5.73 Å². The third-order valence-corrected chi connectivity index (χ3v) is 3.79. The second-order valence-electron chi connectivity index (χ2n) is 5.51. The van der Waals surface area contributed by atoms with Crippen LogP contribution in [-0.2, 0) is 18.3 Å². The highest BCUT2D eigenvalue weighted by molar-refractivity contribution is 5.91. The summed E-state index contributed by atoms with van der Waals surface area (Å²) in [5.74, 6) is -0.302. The number of amides is 1. The Morgan fingerprint density at radius 1 is 1.14 bits per heavy atom. The molecule has 2 N–H and O–H groups in total. The van der Waals surface area contributed by atoms with Crippen molar-refractivity contribution in [3.05, 3.63) is 59.8 Å². The van der Waals surface area contributed by atoms with Crippen molar-refractivity contribution in [2.24, 2.45) is 12.8 Å². The summed E-state index contributed by atoms with van der Waals surface area (Å²) in [6, 6.07) is 14.8. The van der Waals surface area contributed by atoms with E-state index in [0.29, 0.717) is 0 Å². The Bertz CT molecular complexity index is 830. The molecule has 0 unspecified atom stereocenters. The van der Waals surface area contributed by atoms with Gasteiger partial charge in [0.05, 0.1) is 6.42 Å². The van der Waals surface area contributed by atoms with Gasteiger partial charge in [-0.25, -0.2) is 0 Å². The molecule has 0 spiro atoms. The van der Waals surface area contributed by atoms with Crippen molar-refractivity contribution in [2.45, 2.75) is 13.3 Å². The first kappa shape index (κ1) is 13.4. The van der Waals surface area contributed by atoms with E-state index in [0.717, 1.165) is 22.0 Å². The molecule has 1 amide bonds. The lowest BCUT2D eigenvalue weighted by atomic mass is 10.0. The van der Waals surface area contributed by atoms with E-state index in [-0.39, 0.29) is 12.3 Å². The number of aromatic nitrogens is 1. The van der Waals surface area contributed by atoms with Crippen LogP contribution in [0.4, 0.5) is 0 Å². The quantitative estimate of drug-likeness (QED) is 0.786. The zero-order valence-electron chi connectivity index (χ0n) is 12.3. The molecule has 0 saturated carbocycles. The minimum atomic E-state index is -0.302. The van der Waals surface area contributed by atoms with E-state index in [1.807, 2.05) is 17.8 Å². The SMILES string of the molecule is Cc1cccc(-c2ccc3c(c2)c(CC(N)=O)cn3C)c1. The first-order valence-corrected chi connectivity index (χ1v) is 6.98. The third-order valence-electron chi connectivity index (χ3n) is 3.79. The van der Waals surface area contributed by atoms with Crippen molar-refractivity contribution in [1.29, 1.82) is 0 Å². The molecule has 0 aliphatic rings. The first-order chi connectivity index (χ1) is 10.0. The molecule has 3 aromatic rings. The number of benzene rings is 2. The van der Waals surface area contributed by atoms with Gasteiger partial charge < -0.3 is 10.3 Å². The second kappa shape index (κ2) is 5.09. The lowest BCUT2D eigenvalue weighted by Crippen LogP contribution is -2.13. The largest absolute Gasteiger partial charge is 0.369 e. The van der Waals surface area contributed by atoms with Crippen LogP contribution in [0.15, 0.2) is 48.7 Å². The summed E-state index contributed by atoms with van der Waals surface area (Å²) in [7, 11) is 1.99. The van der Waals surface area contributed by atoms with Crippen molar-refractivity contribution < 1.29 is 4.79 Å². The Kier molecular flexibility index (Phi) is 3.26. The molecule has 3 rings (SSSR count). The van der Waals surface area contributed by atoms with Crippen molar-refractivity contribution >= 4 is 16.8 Å². The number of carbonyl (C=O) groups is 1. The summed E-state index contributed by atoms with van der Waals surface area (Å²) in [6.45, 7) is 2.09. The summed E-state index contributed by atoms with van der Waals surface area (Å²) < 4.78 is 2.04. The maximum absolute atomic E-state index is 11.2. The topological polar surface area (TPSA) is 48.0 Å². The molecule has 3 nitrogen and oxygen atoms in total. The molecule has 2 aromatic carbocycles. The zero-order valence-corrected chi connectivity index (χ0v) is 12.3. The molecule has 1 heterocycles. The predicted octanol–water partition coefficient (Wildman–Crippen LogP) is 3.18. The number of fused-ring (bicyclic) bond motifs is 1. The van der Waals surface area contributed by atoms with Gasteiger partial charge in [0.2, 0.25) is 5.91 Å². The van der Waals surface area contributed by atoms with Crippen LogP contribution >= 0.6 is 0 Å². The predicted molar refractivity (Wildman–Crippen MR) is 86.0 cm³/mol. The molecule has 1 aromatic heterocycles. The maximum Gasteiger partial charge on any atom is 0.221 e. The zero-order chi connectivity index (χ0) is 15.0. The fourth-order valence-electron chi connectivity index (χ4n) is 2.81. The van der Waals surface area contributed by atoms with Crippen LogP contribution in [0.5, 0.6) is 0 Å². The molecule has 0 fully saturated rings. The minimum absolute atomic E-state index is 0.272. The summed E-state index contributed by atoms with van der Waals surface area (Å²) in [6.07, 6.45) is 2.25. The molecule has 3 heteroatoms. The molecule has 0 aliphatic carbocycles. The van der Waals surface area contributed by atoms with Gasteiger partial charge in [0.25, 0.3) is 0 Å². The highest BCUT2D eigenvalue weighted by atomic mass is 16.1. The molecular weight excluding hydrogens is 260 g/mol. The van der Waals surface area contributed by atoms with Gasteiger partial charge in [-0.2, -0.15) is 0 Å². The number of nitrogens with two attached hydrogens (primary N) is 1. The average Bonchev–Trinajstić information content (AvgIpc) is 2.74. The van der Waals surface area contributed by atoms with Gasteiger partial charge in [-0.1, -0.05) is 35.9 Å². The number of aryl methyl sites for hydroxylation is 2. The van der Waals surface area contributed by atoms with E-state index in [1.165, 1.54) is 11.1 Å². The second-order valence-corrected chi connectivity index (χ2v) is 5.51. The Morgan fingerprint density at radius 2 is 1.90 bits per heavy atom. The summed E-state index contributed by atoms with van der Waals surface area (Å²) in [4.78, 5) is 11.2. The molecule has 0 aliphatic heterocycles. The van der Waals surface area contributed by atoms with Crippen LogP contribution in [0.2, 0.25) is 0 Å². The van der Waals surface area contributed by atoms with E-state index in [4.69, 9.17) is 5.73 Å². The molecule has 0 atom stereocenters.